The molecular formula is C44H58N4O10. The Morgan fingerprint density at radius 3 is 2.05 bits per heavy atom. The number of aromatic carboxylic acids is 1. The standard InChI is InChI=1S/C44H58N4O10/c1-26(2)22-31(39(52)34(49)20-21-36(51)46-37(40(45)53)27-12-8-6-9-13-27)23-35(50)33-24-32(58-44(3,4)5)25-48(33)42(55)38(28-14-10-7-11-15-28)47-41(54)29-16-18-30(19-17-29)43(56)57/h6,8-9,12-13,16-19,26,28,31-33,37-38H,7,10-11,14-15,20-25H2,1-5H3,(H2,45,53)(H,46,51)(H,47,54)(H,56,57)/t31?,32-,33+,37+,38+/m1/s1. The molecule has 1 saturated carbocycles. The van der Waals surface area contributed by atoms with Crippen molar-refractivity contribution in [2.24, 2.45) is 23.5 Å². The lowest BCUT2D eigenvalue weighted by Gasteiger charge is -2.35. The molecule has 4 rings (SSSR count). The minimum absolute atomic E-state index is 0.0124. The molecule has 2 fully saturated rings. The van der Waals surface area contributed by atoms with Crippen LogP contribution in [0.2, 0.25) is 0 Å². The third kappa shape index (κ3) is 12.9. The van der Waals surface area contributed by atoms with Crippen molar-refractivity contribution in [2.45, 2.75) is 129 Å². The van der Waals surface area contributed by atoms with E-state index in [2.05, 4.69) is 10.6 Å². The van der Waals surface area contributed by atoms with Gasteiger partial charge in [0, 0.05) is 43.7 Å². The maximum atomic E-state index is 14.7. The van der Waals surface area contributed by atoms with Crippen LogP contribution in [0.25, 0.3) is 0 Å². The van der Waals surface area contributed by atoms with Crippen LogP contribution in [0, 0.1) is 17.8 Å². The second-order valence-corrected chi connectivity index (χ2v) is 16.9. The zero-order chi connectivity index (χ0) is 42.7. The fourth-order valence-corrected chi connectivity index (χ4v) is 7.95. The summed E-state index contributed by atoms with van der Waals surface area (Å²) >= 11 is 0. The highest BCUT2D eigenvalue weighted by Gasteiger charge is 2.46. The number of carboxylic acid groups (broad SMARTS) is 1. The van der Waals surface area contributed by atoms with E-state index in [-0.39, 0.29) is 55.2 Å². The highest BCUT2D eigenvalue weighted by molar-refractivity contribution is 6.38. The zero-order valence-corrected chi connectivity index (χ0v) is 34.2. The Kier molecular flexibility index (Phi) is 16.0. The first kappa shape index (κ1) is 45.5. The average Bonchev–Trinajstić information content (AvgIpc) is 3.60. The molecule has 0 bridgehead atoms. The van der Waals surface area contributed by atoms with Gasteiger partial charge in [0.1, 0.15) is 12.1 Å². The van der Waals surface area contributed by atoms with Crippen LogP contribution in [0.3, 0.4) is 0 Å². The fourth-order valence-electron chi connectivity index (χ4n) is 7.95. The minimum Gasteiger partial charge on any atom is -0.478 e. The van der Waals surface area contributed by atoms with Gasteiger partial charge in [-0.25, -0.2) is 4.79 Å². The molecule has 58 heavy (non-hydrogen) atoms. The number of nitrogens with two attached hydrogens (primary N) is 1. The van der Waals surface area contributed by atoms with Crippen molar-refractivity contribution in [1.82, 2.24) is 15.5 Å². The molecule has 0 spiro atoms. The van der Waals surface area contributed by atoms with Crippen molar-refractivity contribution >= 4 is 46.9 Å². The number of ether oxygens (including phenoxy) is 1. The van der Waals surface area contributed by atoms with Crippen molar-refractivity contribution in [1.29, 1.82) is 0 Å². The molecule has 314 valence electrons. The molecule has 1 saturated heterocycles. The van der Waals surface area contributed by atoms with Gasteiger partial charge < -0.3 is 31.1 Å². The number of likely N-dealkylation sites (tertiary alicyclic amines) is 1. The molecule has 5 N–H and O–H groups in total. The van der Waals surface area contributed by atoms with Gasteiger partial charge in [0.05, 0.1) is 23.3 Å². The minimum atomic E-state index is -1.14. The van der Waals surface area contributed by atoms with Crippen LogP contribution < -0.4 is 16.4 Å². The number of carboxylic acids is 1. The van der Waals surface area contributed by atoms with Crippen LogP contribution >= 0.6 is 0 Å². The van der Waals surface area contributed by atoms with Crippen LogP contribution in [0.1, 0.15) is 131 Å². The fraction of sp³-hybridized carbons (Fsp3) is 0.545. The molecule has 0 radical (unpaired) electrons. The number of hydrogen-bond donors (Lipinski definition) is 4. The second-order valence-electron chi connectivity index (χ2n) is 16.9. The largest absolute Gasteiger partial charge is 0.478 e. The maximum absolute atomic E-state index is 14.7. The maximum Gasteiger partial charge on any atom is 0.335 e. The summed E-state index contributed by atoms with van der Waals surface area (Å²) < 4.78 is 6.28. The number of primary amides is 1. The second kappa shape index (κ2) is 20.4. The van der Waals surface area contributed by atoms with Gasteiger partial charge in [0.2, 0.25) is 23.5 Å². The monoisotopic (exact) mass is 802 g/mol. The third-order valence-electron chi connectivity index (χ3n) is 10.7. The molecule has 1 unspecified atom stereocenters. The Labute approximate surface area is 340 Å². The number of hydrogen-bond acceptors (Lipinski definition) is 9. The predicted molar refractivity (Wildman–Crippen MR) is 214 cm³/mol. The number of carbonyl (C=O) groups excluding carboxylic acids is 7. The Hall–Kier alpha value is -5.24. The molecule has 2 aliphatic rings. The van der Waals surface area contributed by atoms with Crippen LogP contribution in [-0.4, -0.2) is 87.3 Å². The van der Waals surface area contributed by atoms with E-state index in [4.69, 9.17) is 10.5 Å². The first-order chi connectivity index (χ1) is 27.3. The predicted octanol–water partition coefficient (Wildman–Crippen LogP) is 4.73. The number of Topliss-reactive ketones (excluding diaryl/α,β-unsaturated/α-hetero) is 3. The van der Waals surface area contributed by atoms with Gasteiger partial charge in [-0.1, -0.05) is 63.4 Å². The molecular weight excluding hydrogens is 745 g/mol. The molecule has 2 aromatic carbocycles. The lowest BCUT2D eigenvalue weighted by Crippen LogP contribution is -2.55. The molecule has 14 heteroatoms. The van der Waals surface area contributed by atoms with Crippen molar-refractivity contribution in [3.63, 3.8) is 0 Å². The smallest absolute Gasteiger partial charge is 0.335 e. The van der Waals surface area contributed by atoms with Crippen molar-refractivity contribution in [3.05, 3.63) is 71.3 Å². The summed E-state index contributed by atoms with van der Waals surface area (Å²) in [6, 6.07) is 10.7. The first-order valence-electron chi connectivity index (χ1n) is 20.2. The van der Waals surface area contributed by atoms with Gasteiger partial charge in [-0.05, 0) is 81.7 Å². The molecule has 5 atom stereocenters. The molecule has 1 heterocycles. The van der Waals surface area contributed by atoms with Crippen LogP contribution in [0.4, 0.5) is 0 Å². The average molecular weight is 803 g/mol. The van der Waals surface area contributed by atoms with E-state index in [9.17, 15) is 43.5 Å². The normalized spacial score (nSPS) is 18.8. The summed E-state index contributed by atoms with van der Waals surface area (Å²) in [5.41, 5.74) is 5.57. The Morgan fingerprint density at radius 2 is 1.48 bits per heavy atom. The van der Waals surface area contributed by atoms with E-state index >= 15 is 0 Å². The molecule has 1 aliphatic carbocycles. The summed E-state index contributed by atoms with van der Waals surface area (Å²) in [4.78, 5) is 107. The van der Waals surface area contributed by atoms with E-state index in [1.807, 2.05) is 34.6 Å². The summed E-state index contributed by atoms with van der Waals surface area (Å²) in [5.74, 6) is -6.88. The van der Waals surface area contributed by atoms with Gasteiger partial charge in [-0.3, -0.25) is 33.6 Å². The Morgan fingerprint density at radius 1 is 0.862 bits per heavy atom. The van der Waals surface area contributed by atoms with Gasteiger partial charge in [-0.15, -0.1) is 0 Å². The van der Waals surface area contributed by atoms with E-state index in [1.165, 1.54) is 29.2 Å². The van der Waals surface area contributed by atoms with Crippen molar-refractivity contribution < 1.29 is 48.2 Å². The lowest BCUT2D eigenvalue weighted by molar-refractivity contribution is -0.143. The van der Waals surface area contributed by atoms with E-state index in [1.54, 1.807) is 30.3 Å². The Bertz CT molecular complexity index is 1820. The third-order valence-corrected chi connectivity index (χ3v) is 10.7. The number of carbonyl (C=O) groups is 8. The van der Waals surface area contributed by atoms with E-state index in [0.29, 0.717) is 18.4 Å². The Balaban J connectivity index is 1.53. The van der Waals surface area contributed by atoms with Crippen LogP contribution in [0.5, 0.6) is 0 Å². The van der Waals surface area contributed by atoms with E-state index < -0.39 is 89.1 Å². The number of amides is 4. The quantitative estimate of drug-likeness (QED) is 0.143. The van der Waals surface area contributed by atoms with Crippen molar-refractivity contribution in [3.8, 4) is 0 Å². The summed E-state index contributed by atoms with van der Waals surface area (Å²) in [7, 11) is 0. The van der Waals surface area contributed by atoms with E-state index in [0.717, 1.165) is 19.3 Å². The first-order valence-corrected chi connectivity index (χ1v) is 20.2. The highest BCUT2D eigenvalue weighted by Crippen LogP contribution is 2.33. The van der Waals surface area contributed by atoms with Gasteiger partial charge in [0.25, 0.3) is 5.91 Å². The van der Waals surface area contributed by atoms with Crippen LogP contribution in [0.15, 0.2) is 54.6 Å². The van der Waals surface area contributed by atoms with Gasteiger partial charge in [0.15, 0.2) is 11.6 Å². The molecule has 0 aromatic heterocycles. The number of ketones is 3. The summed E-state index contributed by atoms with van der Waals surface area (Å²) in [5, 5.41) is 14.7. The summed E-state index contributed by atoms with van der Waals surface area (Å²) in [6.07, 6.45) is 2.80. The number of nitrogens with one attached hydrogen (secondary N) is 2. The number of rotatable bonds is 19. The zero-order valence-electron chi connectivity index (χ0n) is 34.2. The van der Waals surface area contributed by atoms with Crippen molar-refractivity contribution in [2.75, 3.05) is 6.54 Å². The SMILES string of the molecule is CC(C)CC(CC(=O)[C@@H]1C[C@@H](OC(C)(C)C)CN1C(=O)[C@@H](NC(=O)c1ccc(C(=O)O)cc1)C1CCCCC1)C(=O)C(=O)CCC(=O)N[C@H](C(N)=O)c1ccccc1. The molecule has 2 aromatic rings. The van der Waals surface area contributed by atoms with Gasteiger partial charge >= 0.3 is 5.97 Å². The number of nitrogens with zero attached hydrogens (tertiary/aromatic N) is 1. The lowest BCUT2D eigenvalue weighted by atomic mass is 9.82. The molecule has 14 nitrogen and oxygen atoms in total. The highest BCUT2D eigenvalue weighted by atomic mass is 16.5. The van der Waals surface area contributed by atoms with Crippen LogP contribution in [-0.2, 0) is 33.5 Å². The number of benzene rings is 2. The van der Waals surface area contributed by atoms with Gasteiger partial charge in [-0.2, -0.15) is 0 Å². The molecule has 4 amide bonds. The summed E-state index contributed by atoms with van der Waals surface area (Å²) in [6.45, 7) is 9.41. The topological polar surface area (TPSA) is 219 Å². The molecule has 1 aliphatic heterocycles.